The molecule has 32 heavy (non-hydrogen) atoms. The number of alkyl halides is 3. The molecule has 8 heteroatoms. The fraction of sp³-hybridized carbons (Fsp3) is 0.292. The van der Waals surface area contributed by atoms with Crippen LogP contribution in [0.4, 0.5) is 13.2 Å². The summed E-state index contributed by atoms with van der Waals surface area (Å²) in [6, 6.07) is 15.7. The maximum Gasteiger partial charge on any atom is 0.416 e. The molecule has 4 nitrogen and oxygen atoms in total. The normalized spacial score (nSPS) is 11.5. The second-order valence-corrected chi connectivity index (χ2v) is 7.77. The summed E-state index contributed by atoms with van der Waals surface area (Å²) < 4.78 is 45.7. The third-order valence-corrected chi connectivity index (χ3v) is 5.47. The number of halogens is 4. The molecule has 0 unspecified atom stereocenters. The summed E-state index contributed by atoms with van der Waals surface area (Å²) in [5.74, 6) is -0.333. The van der Waals surface area contributed by atoms with E-state index in [2.05, 4.69) is 0 Å². The largest absolute Gasteiger partial charge is 0.416 e. The van der Waals surface area contributed by atoms with Crippen LogP contribution in [-0.4, -0.2) is 35.6 Å². The molecule has 170 valence electrons. The van der Waals surface area contributed by atoms with Gasteiger partial charge in [0.25, 0.3) is 5.91 Å². The van der Waals surface area contributed by atoms with Crippen LogP contribution in [-0.2, 0) is 24.0 Å². The fourth-order valence-corrected chi connectivity index (χ4v) is 3.58. The van der Waals surface area contributed by atoms with Crippen molar-refractivity contribution in [3.8, 4) is 0 Å². The van der Waals surface area contributed by atoms with Crippen molar-refractivity contribution in [2.45, 2.75) is 25.7 Å². The Morgan fingerprint density at radius 3 is 2.44 bits per heavy atom. The summed E-state index contributed by atoms with van der Waals surface area (Å²) in [5.41, 5.74) is 1.27. The summed E-state index contributed by atoms with van der Waals surface area (Å²) >= 11 is 6.29. The molecule has 3 rings (SSSR count). The van der Waals surface area contributed by atoms with Crippen LogP contribution in [0.25, 0.3) is 0 Å². The minimum atomic E-state index is -4.45. The highest BCUT2D eigenvalue weighted by Crippen LogP contribution is 2.29. The van der Waals surface area contributed by atoms with Crippen LogP contribution < -0.4 is 0 Å². The van der Waals surface area contributed by atoms with E-state index in [-0.39, 0.29) is 11.5 Å². The minimum Gasteiger partial charge on any atom is -0.385 e. The maximum absolute atomic E-state index is 13.1. The van der Waals surface area contributed by atoms with Crippen LogP contribution in [0.3, 0.4) is 0 Å². The number of methoxy groups -OCH3 is 1. The number of nitrogens with zero attached hydrogens (tertiary/aromatic N) is 2. The van der Waals surface area contributed by atoms with Gasteiger partial charge in [-0.1, -0.05) is 29.8 Å². The molecule has 0 bridgehead atoms. The second-order valence-electron chi connectivity index (χ2n) is 7.37. The topological polar surface area (TPSA) is 34.5 Å². The molecule has 0 saturated carbocycles. The second kappa shape index (κ2) is 10.7. The van der Waals surface area contributed by atoms with Crippen molar-refractivity contribution in [1.29, 1.82) is 0 Å². The lowest BCUT2D eigenvalue weighted by Crippen LogP contribution is -2.33. The van der Waals surface area contributed by atoms with E-state index in [1.807, 2.05) is 47.2 Å². The number of ether oxygens (including phenoxy) is 1. The van der Waals surface area contributed by atoms with Crippen LogP contribution in [0.1, 0.15) is 33.6 Å². The molecule has 0 fully saturated rings. The lowest BCUT2D eigenvalue weighted by molar-refractivity contribution is -0.137. The summed E-state index contributed by atoms with van der Waals surface area (Å²) in [6.45, 7) is 1.73. The Labute approximate surface area is 190 Å². The Bertz CT molecular complexity index is 1030. The fourth-order valence-electron chi connectivity index (χ4n) is 3.39. The predicted octanol–water partition coefficient (Wildman–Crippen LogP) is 5.89. The van der Waals surface area contributed by atoms with E-state index in [0.29, 0.717) is 37.7 Å². The van der Waals surface area contributed by atoms with E-state index < -0.39 is 11.7 Å². The number of hydrogen-bond acceptors (Lipinski definition) is 2. The highest BCUT2D eigenvalue weighted by atomic mass is 35.5. The van der Waals surface area contributed by atoms with Gasteiger partial charge in [0.15, 0.2) is 0 Å². The van der Waals surface area contributed by atoms with Gasteiger partial charge in [-0.3, -0.25) is 4.79 Å². The monoisotopic (exact) mass is 464 g/mol. The smallest absolute Gasteiger partial charge is 0.385 e. The van der Waals surface area contributed by atoms with Crippen molar-refractivity contribution in [3.05, 3.63) is 94.3 Å². The minimum absolute atomic E-state index is 0.208. The molecule has 0 aliphatic rings. The number of benzene rings is 2. The van der Waals surface area contributed by atoms with Crippen molar-refractivity contribution in [2.24, 2.45) is 0 Å². The zero-order chi connectivity index (χ0) is 23.1. The van der Waals surface area contributed by atoms with E-state index in [9.17, 15) is 18.0 Å². The van der Waals surface area contributed by atoms with Gasteiger partial charge in [0, 0.05) is 49.3 Å². The Morgan fingerprint density at radius 2 is 1.78 bits per heavy atom. The molecule has 0 saturated heterocycles. The average molecular weight is 465 g/mol. The van der Waals surface area contributed by atoms with Crippen molar-refractivity contribution in [2.75, 3.05) is 20.3 Å². The Hall–Kier alpha value is -2.77. The summed E-state index contributed by atoms with van der Waals surface area (Å²) in [6.07, 6.45) is -1.93. The number of carbonyl (C=O) groups excluding carboxylic acids is 1. The van der Waals surface area contributed by atoms with Gasteiger partial charge in [-0.15, -0.1) is 0 Å². The van der Waals surface area contributed by atoms with E-state index >= 15 is 0 Å². The van der Waals surface area contributed by atoms with E-state index in [1.54, 1.807) is 12.0 Å². The number of hydrogen-bond donors (Lipinski definition) is 0. The first-order valence-corrected chi connectivity index (χ1v) is 10.5. The lowest BCUT2D eigenvalue weighted by atomic mass is 10.1. The molecule has 0 aliphatic heterocycles. The molecule has 0 radical (unpaired) electrons. The lowest BCUT2D eigenvalue weighted by Gasteiger charge is -2.24. The quantitative estimate of drug-likeness (QED) is 0.370. The molecule has 0 N–H and O–H groups in total. The standard InChI is InChI=1S/C24H24ClF3N2O2/c1-32-15-5-14-30(23(31)18-9-11-20(12-10-18)24(26,27)28)17-21-7-4-13-29(21)16-19-6-2-3-8-22(19)25/h2-4,6-13H,5,14-17H2,1H3. The number of aromatic nitrogens is 1. The molecule has 2 aromatic carbocycles. The SMILES string of the molecule is COCCCN(Cc1cccn1Cc1ccccc1Cl)C(=O)c1ccc(C(F)(F)F)cc1. The average Bonchev–Trinajstić information content (AvgIpc) is 3.20. The Kier molecular flexibility index (Phi) is 7.99. The molecule has 0 aliphatic carbocycles. The van der Waals surface area contributed by atoms with E-state index in [4.69, 9.17) is 16.3 Å². The predicted molar refractivity (Wildman–Crippen MR) is 118 cm³/mol. The van der Waals surface area contributed by atoms with Crippen molar-refractivity contribution >= 4 is 17.5 Å². The van der Waals surface area contributed by atoms with Gasteiger partial charge in [0.05, 0.1) is 12.1 Å². The number of amides is 1. The third kappa shape index (κ3) is 6.14. The van der Waals surface area contributed by atoms with Crippen LogP contribution in [0.15, 0.2) is 66.9 Å². The number of rotatable bonds is 9. The van der Waals surface area contributed by atoms with Crippen LogP contribution >= 0.6 is 11.6 Å². The van der Waals surface area contributed by atoms with Gasteiger partial charge in [-0.2, -0.15) is 13.2 Å². The zero-order valence-electron chi connectivity index (χ0n) is 17.6. The van der Waals surface area contributed by atoms with Gasteiger partial charge >= 0.3 is 6.18 Å². The summed E-state index contributed by atoms with van der Waals surface area (Å²) in [7, 11) is 1.58. The molecule has 0 spiro atoms. The highest BCUT2D eigenvalue weighted by molar-refractivity contribution is 6.31. The first-order chi connectivity index (χ1) is 15.3. The first kappa shape index (κ1) is 23.9. The molecule has 1 amide bonds. The molecule has 0 atom stereocenters. The molecule has 1 aromatic heterocycles. The molecular formula is C24H24ClF3N2O2. The van der Waals surface area contributed by atoms with Gasteiger partial charge in [-0.05, 0) is 54.4 Å². The van der Waals surface area contributed by atoms with E-state index in [0.717, 1.165) is 23.4 Å². The Morgan fingerprint density at radius 1 is 1.06 bits per heavy atom. The maximum atomic E-state index is 13.1. The summed E-state index contributed by atoms with van der Waals surface area (Å²) in [5, 5.41) is 0.657. The van der Waals surface area contributed by atoms with Gasteiger partial charge in [-0.25, -0.2) is 0 Å². The summed E-state index contributed by atoms with van der Waals surface area (Å²) in [4.78, 5) is 14.7. The number of carbonyl (C=O) groups is 1. The first-order valence-electron chi connectivity index (χ1n) is 10.1. The van der Waals surface area contributed by atoms with Gasteiger partial charge in [0.1, 0.15) is 0 Å². The molecule has 1 heterocycles. The Balaban J connectivity index is 1.80. The van der Waals surface area contributed by atoms with E-state index in [1.165, 1.54) is 12.1 Å². The highest BCUT2D eigenvalue weighted by Gasteiger charge is 2.30. The van der Waals surface area contributed by atoms with Gasteiger partial charge in [0.2, 0.25) is 0 Å². The van der Waals surface area contributed by atoms with Crippen molar-refractivity contribution < 1.29 is 22.7 Å². The third-order valence-electron chi connectivity index (χ3n) is 5.10. The zero-order valence-corrected chi connectivity index (χ0v) is 18.4. The van der Waals surface area contributed by atoms with Crippen LogP contribution in [0, 0.1) is 0 Å². The van der Waals surface area contributed by atoms with Crippen molar-refractivity contribution in [3.63, 3.8) is 0 Å². The van der Waals surface area contributed by atoms with Crippen LogP contribution in [0.2, 0.25) is 5.02 Å². The van der Waals surface area contributed by atoms with Gasteiger partial charge < -0.3 is 14.2 Å². The molecule has 3 aromatic rings. The van der Waals surface area contributed by atoms with Crippen molar-refractivity contribution in [1.82, 2.24) is 9.47 Å². The molecular weight excluding hydrogens is 441 g/mol. The van der Waals surface area contributed by atoms with Crippen LogP contribution in [0.5, 0.6) is 0 Å².